The molecule has 1 fully saturated rings. The molecule has 4 nitrogen and oxygen atoms in total. The highest BCUT2D eigenvalue weighted by Gasteiger charge is 2.50. The van der Waals surface area contributed by atoms with Crippen molar-refractivity contribution in [1.82, 2.24) is 4.90 Å². The van der Waals surface area contributed by atoms with Gasteiger partial charge in [0.1, 0.15) is 0 Å². The number of hydrogen-bond acceptors (Lipinski definition) is 3. The zero-order valence-corrected chi connectivity index (χ0v) is 13.7. The molecule has 5 heteroatoms. The molecule has 112 valence electrons. The van der Waals surface area contributed by atoms with Crippen molar-refractivity contribution in [3.05, 3.63) is 33.8 Å². The van der Waals surface area contributed by atoms with Crippen LogP contribution in [0.1, 0.15) is 48.7 Å². The third-order valence-electron chi connectivity index (χ3n) is 4.65. The molecule has 1 aromatic rings. The number of aliphatic hydroxyl groups is 1. The normalized spacial score (nSPS) is 27.9. The maximum Gasteiger partial charge on any atom is 0.223 e. The van der Waals surface area contributed by atoms with Crippen LogP contribution in [0, 0.1) is 5.41 Å². The van der Waals surface area contributed by atoms with Crippen LogP contribution in [0.2, 0.25) is 0 Å². The van der Waals surface area contributed by atoms with Gasteiger partial charge in [0.05, 0.1) is 17.6 Å². The second-order valence-corrected chi connectivity index (χ2v) is 7.28. The average molecular weight is 352 g/mol. The van der Waals surface area contributed by atoms with Crippen molar-refractivity contribution in [3.8, 4) is 0 Å². The fourth-order valence-electron chi connectivity index (χ4n) is 3.33. The topological polar surface area (TPSA) is 57.6 Å². The minimum Gasteiger partial charge on any atom is -0.390 e. The van der Waals surface area contributed by atoms with Crippen LogP contribution in [0.15, 0.2) is 22.7 Å². The minimum atomic E-state index is -0.901. The molecule has 0 aromatic heterocycles. The molecule has 3 rings (SSSR count). The second-order valence-electron chi connectivity index (χ2n) is 6.36. The first-order valence-corrected chi connectivity index (χ1v) is 7.95. The molecule has 1 aliphatic carbocycles. The number of halogens is 1. The van der Waals surface area contributed by atoms with Gasteiger partial charge in [-0.2, -0.15) is 0 Å². The first-order valence-electron chi connectivity index (χ1n) is 7.16. The predicted octanol–water partition coefficient (Wildman–Crippen LogP) is 2.70. The van der Waals surface area contributed by atoms with Crippen LogP contribution in [-0.2, 0) is 4.79 Å². The van der Waals surface area contributed by atoms with E-state index in [1.807, 2.05) is 12.1 Å². The first-order chi connectivity index (χ1) is 9.84. The van der Waals surface area contributed by atoms with Crippen LogP contribution >= 0.6 is 15.9 Å². The van der Waals surface area contributed by atoms with Gasteiger partial charge in [-0.05, 0) is 38.0 Å². The number of nitrogens with zero attached hydrogens (tertiary/aromatic N) is 1. The van der Waals surface area contributed by atoms with E-state index in [0.717, 1.165) is 16.5 Å². The number of amides is 1. The molecule has 1 saturated heterocycles. The lowest BCUT2D eigenvalue weighted by atomic mass is 9.68. The van der Waals surface area contributed by atoms with Crippen LogP contribution in [-0.4, -0.2) is 34.3 Å². The summed E-state index contributed by atoms with van der Waals surface area (Å²) >= 11 is 3.39. The molecular formula is C16H18BrNO3. The Morgan fingerprint density at radius 3 is 2.67 bits per heavy atom. The summed E-state index contributed by atoms with van der Waals surface area (Å²) in [6.45, 7) is 4.13. The number of Topliss-reactive ketones (excluding diaryl/α,β-unsaturated/α-hetero) is 1. The maximum atomic E-state index is 12.7. The second kappa shape index (κ2) is 4.92. The molecule has 2 atom stereocenters. The molecule has 1 amide bonds. The number of ketones is 1. The SMILES string of the molecule is CC1(C)C(=O)c2cc(Br)ccc2[C@@H](N2CCCC2=O)[C@@H]1O. The van der Waals surface area contributed by atoms with Crippen molar-refractivity contribution in [3.63, 3.8) is 0 Å². The van der Waals surface area contributed by atoms with E-state index in [1.54, 1.807) is 24.8 Å². The van der Waals surface area contributed by atoms with E-state index >= 15 is 0 Å². The van der Waals surface area contributed by atoms with Crippen LogP contribution in [0.4, 0.5) is 0 Å². The van der Waals surface area contributed by atoms with Gasteiger partial charge in [0.25, 0.3) is 0 Å². The molecular weight excluding hydrogens is 334 g/mol. The Morgan fingerprint density at radius 2 is 2.05 bits per heavy atom. The molecule has 0 spiro atoms. The van der Waals surface area contributed by atoms with Gasteiger partial charge < -0.3 is 10.0 Å². The minimum absolute atomic E-state index is 0.0538. The van der Waals surface area contributed by atoms with Crippen molar-refractivity contribution < 1.29 is 14.7 Å². The Kier molecular flexibility index (Phi) is 3.45. The van der Waals surface area contributed by atoms with Crippen LogP contribution in [0.25, 0.3) is 0 Å². The lowest BCUT2D eigenvalue weighted by Crippen LogP contribution is -2.51. The molecule has 0 saturated carbocycles. The Labute approximate surface area is 132 Å². The zero-order chi connectivity index (χ0) is 15.4. The smallest absolute Gasteiger partial charge is 0.223 e. The summed E-state index contributed by atoms with van der Waals surface area (Å²) in [4.78, 5) is 26.5. The van der Waals surface area contributed by atoms with Gasteiger partial charge in [0.15, 0.2) is 5.78 Å². The molecule has 0 radical (unpaired) electrons. The molecule has 1 aliphatic heterocycles. The Bertz CT molecular complexity index is 626. The number of carbonyl (C=O) groups excluding carboxylic acids is 2. The third-order valence-corrected chi connectivity index (χ3v) is 5.14. The Morgan fingerprint density at radius 1 is 1.33 bits per heavy atom. The van der Waals surface area contributed by atoms with E-state index in [-0.39, 0.29) is 11.7 Å². The molecule has 1 N–H and O–H groups in total. The lowest BCUT2D eigenvalue weighted by Gasteiger charge is -2.44. The number of aliphatic hydroxyl groups excluding tert-OH is 1. The standard InChI is InChI=1S/C16H18BrNO3/c1-16(2)14(20)11-8-9(17)5-6-10(11)13(15(16)21)18-7-3-4-12(18)19/h5-6,8,13,15,21H,3-4,7H2,1-2H3/t13-,15+/m1/s1. The van der Waals surface area contributed by atoms with Gasteiger partial charge in [-0.3, -0.25) is 9.59 Å². The van der Waals surface area contributed by atoms with Crippen molar-refractivity contribution in [2.24, 2.45) is 5.41 Å². The number of fused-ring (bicyclic) bond motifs is 1. The summed E-state index contributed by atoms with van der Waals surface area (Å²) in [6.07, 6.45) is 0.437. The molecule has 1 aromatic carbocycles. The van der Waals surface area contributed by atoms with Crippen molar-refractivity contribution in [2.45, 2.75) is 38.8 Å². The Balaban J connectivity index is 2.17. The number of hydrogen-bond donors (Lipinski definition) is 1. The third kappa shape index (κ3) is 2.14. The monoisotopic (exact) mass is 351 g/mol. The van der Waals surface area contributed by atoms with E-state index < -0.39 is 17.6 Å². The average Bonchev–Trinajstić information content (AvgIpc) is 2.84. The van der Waals surface area contributed by atoms with Crippen molar-refractivity contribution >= 4 is 27.6 Å². The van der Waals surface area contributed by atoms with Crippen molar-refractivity contribution in [1.29, 1.82) is 0 Å². The summed E-state index contributed by atoms with van der Waals surface area (Å²) in [5.74, 6) is -0.0211. The molecule has 2 aliphatic rings. The van der Waals surface area contributed by atoms with Gasteiger partial charge in [0.2, 0.25) is 5.91 Å². The summed E-state index contributed by atoms with van der Waals surface area (Å²) in [7, 11) is 0. The van der Waals surface area contributed by atoms with Gasteiger partial charge in [-0.25, -0.2) is 0 Å². The molecule has 1 heterocycles. The van der Waals surface area contributed by atoms with Gasteiger partial charge >= 0.3 is 0 Å². The Hall–Kier alpha value is -1.20. The van der Waals surface area contributed by atoms with E-state index in [0.29, 0.717) is 18.5 Å². The summed E-state index contributed by atoms with van der Waals surface area (Å²) in [6, 6.07) is 5.05. The predicted molar refractivity (Wildman–Crippen MR) is 81.9 cm³/mol. The van der Waals surface area contributed by atoms with Gasteiger partial charge in [-0.1, -0.05) is 22.0 Å². The van der Waals surface area contributed by atoms with Crippen LogP contribution in [0.3, 0.4) is 0 Å². The first kappa shape index (κ1) is 14.7. The quantitative estimate of drug-likeness (QED) is 0.846. The fourth-order valence-corrected chi connectivity index (χ4v) is 3.69. The molecule has 0 unspecified atom stereocenters. The largest absolute Gasteiger partial charge is 0.390 e. The fraction of sp³-hybridized carbons (Fsp3) is 0.500. The summed E-state index contributed by atoms with van der Waals surface area (Å²) in [5.41, 5.74) is 0.455. The summed E-state index contributed by atoms with van der Waals surface area (Å²) in [5, 5.41) is 10.7. The van der Waals surface area contributed by atoms with E-state index in [1.165, 1.54) is 0 Å². The van der Waals surface area contributed by atoms with Gasteiger partial charge in [0, 0.05) is 23.0 Å². The van der Waals surface area contributed by atoms with Crippen LogP contribution in [0.5, 0.6) is 0 Å². The lowest BCUT2D eigenvalue weighted by molar-refractivity contribution is -0.134. The maximum absolute atomic E-state index is 12.7. The molecule has 0 bridgehead atoms. The zero-order valence-electron chi connectivity index (χ0n) is 12.1. The number of rotatable bonds is 1. The van der Waals surface area contributed by atoms with E-state index in [4.69, 9.17) is 0 Å². The summed E-state index contributed by atoms with van der Waals surface area (Å²) < 4.78 is 0.827. The van der Waals surface area contributed by atoms with Crippen LogP contribution < -0.4 is 0 Å². The van der Waals surface area contributed by atoms with E-state index in [9.17, 15) is 14.7 Å². The van der Waals surface area contributed by atoms with Crippen molar-refractivity contribution in [2.75, 3.05) is 6.54 Å². The van der Waals surface area contributed by atoms with Gasteiger partial charge in [-0.15, -0.1) is 0 Å². The highest BCUT2D eigenvalue weighted by Crippen LogP contribution is 2.45. The number of likely N-dealkylation sites (tertiary alicyclic amines) is 1. The van der Waals surface area contributed by atoms with E-state index in [2.05, 4.69) is 15.9 Å². The molecule has 21 heavy (non-hydrogen) atoms. The number of carbonyl (C=O) groups is 2. The highest BCUT2D eigenvalue weighted by molar-refractivity contribution is 9.10. The number of benzene rings is 1. The highest BCUT2D eigenvalue weighted by atomic mass is 79.9.